The fourth-order valence-electron chi connectivity index (χ4n) is 2.17. The maximum absolute atomic E-state index is 12.3. The van der Waals surface area contributed by atoms with Gasteiger partial charge in [0.2, 0.25) is 5.91 Å². The molecule has 0 bridgehead atoms. The van der Waals surface area contributed by atoms with E-state index in [0.29, 0.717) is 65.0 Å². The van der Waals surface area contributed by atoms with Gasteiger partial charge in [-0.05, 0) is 39.5 Å². The Morgan fingerprint density at radius 1 is 0.893 bits per heavy atom. The van der Waals surface area contributed by atoms with Crippen molar-refractivity contribution in [3.05, 3.63) is 0 Å². The molecule has 0 aliphatic rings. The lowest BCUT2D eigenvalue weighted by Gasteiger charge is -2.18. The molecule has 162 valence electrons. The van der Waals surface area contributed by atoms with Gasteiger partial charge in [0, 0.05) is 26.1 Å². The van der Waals surface area contributed by atoms with Gasteiger partial charge in [0.05, 0.1) is 19.8 Å². The summed E-state index contributed by atoms with van der Waals surface area (Å²) in [4.78, 5) is 45.3. The summed E-state index contributed by atoms with van der Waals surface area (Å²) in [6.45, 7) is 5.40. The number of alkyl carbamates (subject to hydrolysis) is 2. The minimum absolute atomic E-state index is 0.207. The van der Waals surface area contributed by atoms with Crippen molar-refractivity contribution in [3.8, 4) is 0 Å². The van der Waals surface area contributed by atoms with Gasteiger partial charge in [-0.3, -0.25) is 4.79 Å². The molecule has 0 aromatic rings. The molecule has 0 aliphatic carbocycles. The third kappa shape index (κ3) is 14.8. The van der Waals surface area contributed by atoms with Gasteiger partial charge in [0.1, 0.15) is 12.3 Å². The SMILES string of the molecule is CCOC(=O)NCCCCC(NC(=O)OCC)C(=O)NCCOCCCC=O. The lowest BCUT2D eigenvalue weighted by atomic mass is 10.1. The summed E-state index contributed by atoms with van der Waals surface area (Å²) < 4.78 is 14.9. The van der Waals surface area contributed by atoms with E-state index >= 15 is 0 Å². The van der Waals surface area contributed by atoms with Crippen LogP contribution in [-0.2, 0) is 23.8 Å². The van der Waals surface area contributed by atoms with Crippen LogP contribution in [0.25, 0.3) is 0 Å². The van der Waals surface area contributed by atoms with Gasteiger partial charge in [-0.15, -0.1) is 0 Å². The Morgan fingerprint density at radius 2 is 1.61 bits per heavy atom. The summed E-state index contributed by atoms with van der Waals surface area (Å²) in [5.41, 5.74) is 0. The highest BCUT2D eigenvalue weighted by atomic mass is 16.6. The van der Waals surface area contributed by atoms with Crippen molar-refractivity contribution in [3.63, 3.8) is 0 Å². The number of rotatable bonds is 16. The summed E-state index contributed by atoms with van der Waals surface area (Å²) in [5.74, 6) is -0.331. The Hall–Kier alpha value is -2.36. The van der Waals surface area contributed by atoms with E-state index in [4.69, 9.17) is 14.2 Å². The van der Waals surface area contributed by atoms with Crippen LogP contribution in [0, 0.1) is 0 Å². The minimum Gasteiger partial charge on any atom is -0.450 e. The average molecular weight is 403 g/mol. The first-order chi connectivity index (χ1) is 13.5. The number of nitrogens with one attached hydrogen (secondary N) is 3. The number of aldehydes is 1. The van der Waals surface area contributed by atoms with E-state index in [9.17, 15) is 19.2 Å². The van der Waals surface area contributed by atoms with Crippen LogP contribution in [0.4, 0.5) is 9.59 Å². The van der Waals surface area contributed by atoms with Gasteiger partial charge >= 0.3 is 12.2 Å². The topological polar surface area (TPSA) is 132 Å². The highest BCUT2D eigenvalue weighted by Gasteiger charge is 2.20. The molecule has 0 saturated carbocycles. The summed E-state index contributed by atoms with van der Waals surface area (Å²) in [6, 6.07) is -0.739. The molecule has 10 heteroatoms. The van der Waals surface area contributed by atoms with E-state index in [0.717, 1.165) is 6.29 Å². The number of carbonyl (C=O) groups is 4. The summed E-state index contributed by atoms with van der Waals surface area (Å²) in [6.07, 6.45) is 2.43. The summed E-state index contributed by atoms with van der Waals surface area (Å²) >= 11 is 0. The van der Waals surface area contributed by atoms with E-state index in [1.54, 1.807) is 13.8 Å². The van der Waals surface area contributed by atoms with Gasteiger partial charge in [0.25, 0.3) is 0 Å². The molecular formula is C18H33N3O7. The monoisotopic (exact) mass is 403 g/mol. The van der Waals surface area contributed by atoms with Crippen LogP contribution in [0.15, 0.2) is 0 Å². The normalized spacial score (nSPS) is 11.2. The number of unbranched alkanes of at least 4 members (excludes halogenated alkanes) is 2. The first-order valence-electron chi connectivity index (χ1n) is 9.68. The molecule has 1 atom stereocenters. The summed E-state index contributed by atoms with van der Waals surface area (Å²) in [7, 11) is 0. The Balaban J connectivity index is 4.19. The zero-order chi connectivity index (χ0) is 21.0. The maximum atomic E-state index is 12.3. The fraction of sp³-hybridized carbons (Fsp3) is 0.778. The lowest BCUT2D eigenvalue weighted by Crippen LogP contribution is -2.47. The quantitative estimate of drug-likeness (QED) is 0.260. The van der Waals surface area contributed by atoms with Crippen LogP contribution >= 0.6 is 0 Å². The standard InChI is InChI=1S/C18H33N3O7/c1-3-27-17(24)20-10-6-5-9-15(21-18(25)28-4-2)16(23)19-11-14-26-13-8-7-12-22/h12,15H,3-11,13-14H2,1-2H3,(H,19,23)(H,20,24)(H,21,25). The predicted octanol–water partition coefficient (Wildman–Crippen LogP) is 1.13. The van der Waals surface area contributed by atoms with Crippen LogP contribution in [0.5, 0.6) is 0 Å². The number of carbonyl (C=O) groups excluding carboxylic acids is 4. The van der Waals surface area contributed by atoms with Gasteiger partial charge < -0.3 is 35.0 Å². The smallest absolute Gasteiger partial charge is 0.407 e. The van der Waals surface area contributed by atoms with E-state index in [-0.39, 0.29) is 12.5 Å². The Bertz CT molecular complexity index is 460. The van der Waals surface area contributed by atoms with Crippen LogP contribution < -0.4 is 16.0 Å². The molecule has 10 nitrogen and oxygen atoms in total. The van der Waals surface area contributed by atoms with E-state index in [1.807, 2.05) is 0 Å². The number of hydrogen-bond acceptors (Lipinski definition) is 7. The first kappa shape index (κ1) is 25.6. The molecular weight excluding hydrogens is 370 g/mol. The van der Waals surface area contributed by atoms with Crippen molar-refractivity contribution in [2.45, 2.75) is 52.0 Å². The van der Waals surface area contributed by atoms with E-state index < -0.39 is 18.2 Å². The molecule has 0 saturated heterocycles. The van der Waals surface area contributed by atoms with Crippen LogP contribution in [0.3, 0.4) is 0 Å². The molecule has 3 N–H and O–H groups in total. The van der Waals surface area contributed by atoms with E-state index in [2.05, 4.69) is 16.0 Å². The second kappa shape index (κ2) is 18.0. The largest absolute Gasteiger partial charge is 0.450 e. The molecule has 0 heterocycles. The second-order valence-corrected chi connectivity index (χ2v) is 5.77. The van der Waals surface area contributed by atoms with Gasteiger partial charge in [0.15, 0.2) is 0 Å². The maximum Gasteiger partial charge on any atom is 0.407 e. The van der Waals surface area contributed by atoms with E-state index in [1.165, 1.54) is 0 Å². The highest BCUT2D eigenvalue weighted by molar-refractivity contribution is 5.85. The molecule has 0 aliphatic heterocycles. The Labute approximate surface area is 166 Å². The third-order valence-electron chi connectivity index (χ3n) is 3.50. The summed E-state index contributed by atoms with van der Waals surface area (Å²) in [5, 5.41) is 7.84. The van der Waals surface area contributed by atoms with Crippen molar-refractivity contribution < 1.29 is 33.4 Å². The third-order valence-corrected chi connectivity index (χ3v) is 3.50. The Kier molecular flexibility index (Phi) is 16.5. The van der Waals surface area contributed by atoms with Crippen molar-refractivity contribution in [2.75, 3.05) is 39.5 Å². The molecule has 0 fully saturated rings. The zero-order valence-corrected chi connectivity index (χ0v) is 16.8. The van der Waals surface area contributed by atoms with Crippen molar-refractivity contribution in [1.82, 2.24) is 16.0 Å². The molecule has 0 spiro atoms. The molecule has 0 aromatic carbocycles. The molecule has 0 aromatic heterocycles. The molecule has 28 heavy (non-hydrogen) atoms. The molecule has 0 radical (unpaired) electrons. The van der Waals surface area contributed by atoms with Gasteiger partial charge in [-0.2, -0.15) is 0 Å². The number of amides is 3. The van der Waals surface area contributed by atoms with Gasteiger partial charge in [-0.25, -0.2) is 9.59 Å². The molecule has 3 amide bonds. The molecule has 1 unspecified atom stereocenters. The zero-order valence-electron chi connectivity index (χ0n) is 16.8. The number of hydrogen-bond donors (Lipinski definition) is 3. The van der Waals surface area contributed by atoms with Crippen molar-refractivity contribution >= 4 is 24.4 Å². The number of ether oxygens (including phenoxy) is 3. The van der Waals surface area contributed by atoms with Gasteiger partial charge in [-0.1, -0.05) is 0 Å². The minimum atomic E-state index is -0.739. The van der Waals surface area contributed by atoms with Crippen LogP contribution in [0.1, 0.15) is 46.0 Å². The first-order valence-corrected chi connectivity index (χ1v) is 9.68. The van der Waals surface area contributed by atoms with Crippen molar-refractivity contribution in [1.29, 1.82) is 0 Å². The molecule has 0 rings (SSSR count). The Morgan fingerprint density at radius 3 is 2.29 bits per heavy atom. The van der Waals surface area contributed by atoms with Crippen molar-refractivity contribution in [2.24, 2.45) is 0 Å². The van der Waals surface area contributed by atoms with Crippen LogP contribution in [-0.4, -0.2) is 69.9 Å². The second-order valence-electron chi connectivity index (χ2n) is 5.77. The lowest BCUT2D eigenvalue weighted by molar-refractivity contribution is -0.123. The average Bonchev–Trinajstić information content (AvgIpc) is 2.66. The van der Waals surface area contributed by atoms with Crippen LogP contribution in [0.2, 0.25) is 0 Å². The highest BCUT2D eigenvalue weighted by Crippen LogP contribution is 2.02. The fourth-order valence-corrected chi connectivity index (χ4v) is 2.17. The predicted molar refractivity (Wildman–Crippen MR) is 102 cm³/mol.